The third-order valence-electron chi connectivity index (χ3n) is 7.44. The summed E-state index contributed by atoms with van der Waals surface area (Å²) in [6.07, 6.45) is 5.30. The second-order valence-electron chi connectivity index (χ2n) is 10.2. The number of benzene rings is 2. The maximum atomic E-state index is 13.1. The first-order valence-corrected chi connectivity index (χ1v) is 14.8. The zero-order valence-corrected chi connectivity index (χ0v) is 23.1. The van der Waals surface area contributed by atoms with Crippen molar-refractivity contribution in [2.24, 2.45) is 5.92 Å². The molecular weight excluding hydrogens is 510 g/mol. The predicted molar refractivity (Wildman–Crippen MR) is 144 cm³/mol. The third kappa shape index (κ3) is 6.42. The van der Waals surface area contributed by atoms with Gasteiger partial charge in [-0.05, 0) is 94.7 Å². The van der Waals surface area contributed by atoms with Crippen molar-refractivity contribution in [3.8, 4) is 0 Å². The number of piperazine rings is 1. The van der Waals surface area contributed by atoms with Crippen molar-refractivity contribution in [3.63, 3.8) is 0 Å². The number of hydrogen-bond donors (Lipinski definition) is 1. The SMILES string of the molecule is Cc1cc(C)c(S(=O)(=O)NC2CCC(CCN3CCN(c4cccc(Br)c4)CC3)CC2)c(C)c1. The van der Waals surface area contributed by atoms with Crippen molar-refractivity contribution >= 4 is 31.6 Å². The van der Waals surface area contributed by atoms with E-state index in [1.165, 1.54) is 12.1 Å². The number of rotatable bonds is 7. The number of halogens is 1. The molecule has 2 fully saturated rings. The molecule has 1 saturated heterocycles. The summed E-state index contributed by atoms with van der Waals surface area (Å²) < 4.78 is 30.3. The van der Waals surface area contributed by atoms with Crippen LogP contribution in [0.5, 0.6) is 0 Å². The molecule has 1 aliphatic heterocycles. The number of hydrogen-bond acceptors (Lipinski definition) is 4. The smallest absolute Gasteiger partial charge is 0.241 e. The van der Waals surface area contributed by atoms with Gasteiger partial charge >= 0.3 is 0 Å². The second-order valence-corrected chi connectivity index (χ2v) is 12.7. The van der Waals surface area contributed by atoms with E-state index in [-0.39, 0.29) is 6.04 Å². The van der Waals surface area contributed by atoms with Crippen molar-refractivity contribution in [2.75, 3.05) is 37.6 Å². The Balaban J connectivity index is 1.21. The monoisotopic (exact) mass is 547 g/mol. The quantitative estimate of drug-likeness (QED) is 0.502. The van der Waals surface area contributed by atoms with Gasteiger partial charge in [0.25, 0.3) is 0 Å². The highest BCUT2D eigenvalue weighted by molar-refractivity contribution is 9.10. The average molecular weight is 549 g/mol. The van der Waals surface area contributed by atoms with Crippen LogP contribution >= 0.6 is 15.9 Å². The molecule has 2 aromatic carbocycles. The fourth-order valence-electron chi connectivity index (χ4n) is 5.71. The van der Waals surface area contributed by atoms with Gasteiger partial charge in [-0.15, -0.1) is 0 Å². The Morgan fingerprint density at radius 2 is 1.59 bits per heavy atom. The summed E-state index contributed by atoms with van der Waals surface area (Å²) in [5.74, 6) is 0.701. The van der Waals surface area contributed by atoms with E-state index in [9.17, 15) is 8.42 Å². The number of nitrogens with one attached hydrogen (secondary N) is 1. The zero-order valence-electron chi connectivity index (χ0n) is 20.7. The van der Waals surface area contributed by atoms with Gasteiger partial charge in [0.15, 0.2) is 0 Å². The zero-order chi connectivity index (χ0) is 24.3. The van der Waals surface area contributed by atoms with Crippen LogP contribution in [0.15, 0.2) is 45.8 Å². The number of sulfonamides is 1. The lowest BCUT2D eigenvalue weighted by molar-refractivity contribution is 0.214. The highest BCUT2D eigenvalue weighted by Gasteiger charge is 2.28. The Labute approximate surface area is 214 Å². The lowest BCUT2D eigenvalue weighted by atomic mass is 9.84. The van der Waals surface area contributed by atoms with E-state index >= 15 is 0 Å². The molecule has 0 aromatic heterocycles. The van der Waals surface area contributed by atoms with Crippen LogP contribution in [0.25, 0.3) is 0 Å². The molecule has 7 heteroatoms. The number of nitrogens with zero attached hydrogens (tertiary/aromatic N) is 2. The highest BCUT2D eigenvalue weighted by atomic mass is 79.9. The van der Waals surface area contributed by atoms with Crippen molar-refractivity contribution in [1.82, 2.24) is 9.62 Å². The molecule has 5 nitrogen and oxygen atoms in total. The van der Waals surface area contributed by atoms with E-state index in [1.54, 1.807) is 0 Å². The lowest BCUT2D eigenvalue weighted by Crippen LogP contribution is -2.47. The van der Waals surface area contributed by atoms with E-state index in [2.05, 4.69) is 54.7 Å². The van der Waals surface area contributed by atoms with Crippen LogP contribution in [0.2, 0.25) is 0 Å². The Morgan fingerprint density at radius 1 is 0.941 bits per heavy atom. The molecule has 0 spiro atoms. The van der Waals surface area contributed by atoms with Crippen LogP contribution in [0.3, 0.4) is 0 Å². The molecule has 2 aromatic rings. The molecule has 0 bridgehead atoms. The molecule has 2 aliphatic rings. The van der Waals surface area contributed by atoms with Gasteiger partial charge in [0.05, 0.1) is 4.90 Å². The van der Waals surface area contributed by atoms with Gasteiger partial charge in [0.2, 0.25) is 10.0 Å². The standard InChI is InChI=1S/C27H38BrN3O2S/c1-20-17-21(2)27(22(3)18-20)34(32,33)29-25-9-7-23(8-10-25)11-12-30-13-15-31(16-14-30)26-6-4-5-24(28)19-26/h4-6,17-19,23,25,29H,7-16H2,1-3H3. The molecule has 0 unspecified atom stereocenters. The molecule has 34 heavy (non-hydrogen) atoms. The summed E-state index contributed by atoms with van der Waals surface area (Å²) in [5.41, 5.74) is 4.06. The maximum Gasteiger partial charge on any atom is 0.241 e. The minimum atomic E-state index is -3.48. The van der Waals surface area contributed by atoms with Crippen LogP contribution in [0, 0.1) is 26.7 Å². The van der Waals surface area contributed by atoms with Crippen LogP contribution in [-0.4, -0.2) is 52.1 Å². The normalized spacial score (nSPS) is 22.2. The summed E-state index contributed by atoms with van der Waals surface area (Å²) in [6.45, 7) is 11.3. The van der Waals surface area contributed by atoms with Gasteiger partial charge in [-0.2, -0.15) is 0 Å². The first-order valence-electron chi connectivity index (χ1n) is 12.5. The van der Waals surface area contributed by atoms with Crippen molar-refractivity contribution in [2.45, 2.75) is 63.8 Å². The fourth-order valence-corrected chi connectivity index (χ4v) is 7.85. The fraction of sp³-hybridized carbons (Fsp3) is 0.556. The molecule has 1 N–H and O–H groups in total. The molecule has 4 rings (SSSR count). The summed E-state index contributed by atoms with van der Waals surface area (Å²) in [7, 11) is -3.48. The first-order chi connectivity index (χ1) is 16.2. The van der Waals surface area contributed by atoms with Gasteiger partial charge in [-0.25, -0.2) is 13.1 Å². The maximum absolute atomic E-state index is 13.1. The topological polar surface area (TPSA) is 52.7 Å². The van der Waals surface area contributed by atoms with E-state index in [4.69, 9.17) is 0 Å². The van der Waals surface area contributed by atoms with Crippen molar-refractivity contribution in [3.05, 3.63) is 57.6 Å². The number of anilines is 1. The minimum absolute atomic E-state index is 0.0510. The highest BCUT2D eigenvalue weighted by Crippen LogP contribution is 2.30. The number of aryl methyl sites for hydroxylation is 3. The molecule has 1 saturated carbocycles. The summed E-state index contributed by atoms with van der Waals surface area (Å²) in [4.78, 5) is 5.52. The van der Waals surface area contributed by atoms with Gasteiger partial charge in [0.1, 0.15) is 0 Å². The summed E-state index contributed by atoms with van der Waals surface area (Å²) in [5, 5.41) is 0. The Morgan fingerprint density at radius 3 is 2.21 bits per heavy atom. The second kappa shape index (κ2) is 11.1. The van der Waals surface area contributed by atoms with Crippen LogP contribution in [0.1, 0.15) is 48.8 Å². The minimum Gasteiger partial charge on any atom is -0.369 e. The average Bonchev–Trinajstić information content (AvgIpc) is 2.78. The molecule has 0 atom stereocenters. The summed E-state index contributed by atoms with van der Waals surface area (Å²) >= 11 is 3.58. The van der Waals surface area contributed by atoms with Gasteiger partial charge in [-0.3, -0.25) is 4.90 Å². The molecule has 186 valence electrons. The molecule has 1 aliphatic carbocycles. The molecule has 0 radical (unpaired) electrons. The van der Waals surface area contributed by atoms with Crippen molar-refractivity contribution < 1.29 is 8.42 Å². The van der Waals surface area contributed by atoms with Gasteiger partial charge < -0.3 is 4.90 Å². The van der Waals surface area contributed by atoms with E-state index in [1.807, 2.05) is 32.9 Å². The van der Waals surface area contributed by atoms with E-state index in [0.717, 1.165) is 79.6 Å². The van der Waals surface area contributed by atoms with E-state index < -0.39 is 10.0 Å². The van der Waals surface area contributed by atoms with Crippen LogP contribution in [-0.2, 0) is 10.0 Å². The predicted octanol–water partition coefficient (Wildman–Crippen LogP) is 5.42. The molecular formula is C27H38BrN3O2S. The molecule has 0 amide bonds. The van der Waals surface area contributed by atoms with E-state index in [0.29, 0.717) is 10.8 Å². The Kier molecular flexibility index (Phi) is 8.39. The molecule has 1 heterocycles. The van der Waals surface area contributed by atoms with Crippen LogP contribution in [0.4, 0.5) is 5.69 Å². The van der Waals surface area contributed by atoms with Gasteiger partial charge in [-0.1, -0.05) is 39.7 Å². The van der Waals surface area contributed by atoms with Crippen molar-refractivity contribution in [1.29, 1.82) is 0 Å². The summed E-state index contributed by atoms with van der Waals surface area (Å²) in [6, 6.07) is 12.5. The van der Waals surface area contributed by atoms with Gasteiger partial charge in [0, 0.05) is 42.4 Å². The van der Waals surface area contributed by atoms with Crippen LogP contribution < -0.4 is 9.62 Å². The lowest BCUT2D eigenvalue weighted by Gasteiger charge is -2.37. The first kappa shape index (κ1) is 25.7. The Bertz CT molecular complexity index is 1070. The largest absolute Gasteiger partial charge is 0.369 e. The Hall–Kier alpha value is -1.41. The third-order valence-corrected chi connectivity index (χ3v) is 9.76.